The van der Waals surface area contributed by atoms with Gasteiger partial charge in [0.15, 0.2) is 0 Å². The van der Waals surface area contributed by atoms with Gasteiger partial charge in [-0.05, 0) is 24.1 Å². The molecule has 6 heteroatoms. The number of sulfonamides is 1. The summed E-state index contributed by atoms with van der Waals surface area (Å²) >= 11 is 0. The summed E-state index contributed by atoms with van der Waals surface area (Å²) in [5, 5.41) is 8.51. The Morgan fingerprint density at radius 3 is 2.44 bits per heavy atom. The van der Waals surface area contributed by atoms with Crippen LogP contribution in [0.15, 0.2) is 24.3 Å². The molecule has 0 radical (unpaired) electrons. The summed E-state index contributed by atoms with van der Waals surface area (Å²) < 4.78 is 37.6. The average Bonchev–Trinajstić information content (AvgIpc) is 2.26. The molecule has 0 aliphatic carbocycles. The van der Waals surface area contributed by atoms with Gasteiger partial charge in [0.05, 0.1) is 5.75 Å². The molecule has 0 atom stereocenters. The summed E-state index contributed by atoms with van der Waals surface area (Å²) in [6.07, 6.45) is 0.207. The van der Waals surface area contributed by atoms with Crippen LogP contribution in [0, 0.1) is 5.82 Å². The molecule has 0 aliphatic rings. The normalized spacial score (nSPS) is 11.6. The lowest BCUT2D eigenvalue weighted by Gasteiger charge is -2.05. The van der Waals surface area contributed by atoms with Gasteiger partial charge in [0.1, 0.15) is 5.82 Å². The van der Waals surface area contributed by atoms with Crippen LogP contribution in [0.3, 0.4) is 0 Å². The Hall–Kier alpha value is -0.980. The van der Waals surface area contributed by atoms with Gasteiger partial charge >= 0.3 is 0 Å². The highest BCUT2D eigenvalue weighted by atomic mass is 32.2. The molecule has 0 unspecified atom stereocenters. The van der Waals surface area contributed by atoms with Gasteiger partial charge in [-0.2, -0.15) is 0 Å². The number of hydrogen-bond acceptors (Lipinski definition) is 3. The lowest BCUT2D eigenvalue weighted by atomic mass is 10.2. The summed E-state index contributed by atoms with van der Waals surface area (Å²) in [6.45, 7) is -0.0223. The number of rotatable bonds is 6. The fourth-order valence-corrected chi connectivity index (χ4v) is 2.16. The zero-order chi connectivity index (χ0) is 12.0. The van der Waals surface area contributed by atoms with Crippen LogP contribution in [0.25, 0.3) is 0 Å². The van der Waals surface area contributed by atoms with E-state index < -0.39 is 10.0 Å². The molecule has 1 rings (SSSR count). The van der Waals surface area contributed by atoms with Crippen LogP contribution in [0.5, 0.6) is 0 Å². The van der Waals surface area contributed by atoms with Crippen molar-refractivity contribution in [3.8, 4) is 0 Å². The molecule has 0 fully saturated rings. The number of aliphatic hydroxyl groups is 1. The lowest BCUT2D eigenvalue weighted by molar-refractivity contribution is 0.295. The molecule has 0 spiro atoms. The Labute approximate surface area is 94.2 Å². The minimum Gasteiger partial charge on any atom is -0.396 e. The molecule has 4 nitrogen and oxygen atoms in total. The van der Waals surface area contributed by atoms with E-state index in [0.29, 0.717) is 5.56 Å². The fraction of sp³-hybridized carbons (Fsp3) is 0.400. The summed E-state index contributed by atoms with van der Waals surface area (Å²) in [4.78, 5) is 0. The molecular weight excluding hydrogens is 233 g/mol. The van der Waals surface area contributed by atoms with Crippen LogP contribution in [-0.2, 0) is 16.6 Å². The number of aliphatic hydroxyl groups excluding tert-OH is 1. The van der Waals surface area contributed by atoms with E-state index >= 15 is 0 Å². The van der Waals surface area contributed by atoms with Crippen LogP contribution >= 0.6 is 0 Å². The monoisotopic (exact) mass is 247 g/mol. The minimum atomic E-state index is -3.36. The summed E-state index contributed by atoms with van der Waals surface area (Å²) in [7, 11) is -3.36. The predicted molar refractivity (Wildman–Crippen MR) is 58.7 cm³/mol. The van der Waals surface area contributed by atoms with Crippen molar-refractivity contribution in [2.45, 2.75) is 13.0 Å². The summed E-state index contributed by atoms with van der Waals surface area (Å²) in [5.41, 5.74) is 0.689. The molecule has 1 aromatic carbocycles. The first-order chi connectivity index (χ1) is 7.53. The minimum absolute atomic E-state index is 0.106. The average molecular weight is 247 g/mol. The van der Waals surface area contributed by atoms with Gasteiger partial charge < -0.3 is 5.11 Å². The van der Waals surface area contributed by atoms with E-state index in [2.05, 4.69) is 4.72 Å². The third-order valence-corrected chi connectivity index (χ3v) is 3.39. The van der Waals surface area contributed by atoms with Gasteiger partial charge in [0, 0.05) is 13.2 Å². The highest BCUT2D eigenvalue weighted by Crippen LogP contribution is 2.03. The first kappa shape index (κ1) is 13.1. The molecule has 0 aromatic heterocycles. The standard InChI is InChI=1S/C10H14FNO3S/c11-10-4-2-9(3-5-10)8-12-16(14,15)7-1-6-13/h2-5,12-13H,1,6-8H2. The van der Waals surface area contributed by atoms with Crippen molar-refractivity contribution in [1.82, 2.24) is 4.72 Å². The first-order valence-electron chi connectivity index (χ1n) is 4.86. The molecule has 1 aromatic rings. The first-order valence-corrected chi connectivity index (χ1v) is 6.51. The molecular formula is C10H14FNO3S. The van der Waals surface area contributed by atoms with Crippen molar-refractivity contribution >= 4 is 10.0 Å². The van der Waals surface area contributed by atoms with Gasteiger partial charge in [0.25, 0.3) is 0 Å². The third kappa shape index (κ3) is 4.69. The molecule has 2 N–H and O–H groups in total. The van der Waals surface area contributed by atoms with E-state index in [9.17, 15) is 12.8 Å². The molecule has 0 saturated heterocycles. The van der Waals surface area contributed by atoms with E-state index in [0.717, 1.165) is 0 Å². The highest BCUT2D eigenvalue weighted by molar-refractivity contribution is 7.89. The van der Waals surface area contributed by atoms with Crippen LogP contribution in [0.2, 0.25) is 0 Å². The maximum absolute atomic E-state index is 12.6. The smallest absolute Gasteiger partial charge is 0.211 e. The third-order valence-electron chi connectivity index (χ3n) is 1.98. The highest BCUT2D eigenvalue weighted by Gasteiger charge is 2.08. The van der Waals surface area contributed by atoms with Crippen molar-refractivity contribution in [1.29, 1.82) is 0 Å². The van der Waals surface area contributed by atoms with Crippen LogP contribution < -0.4 is 4.72 Å². The van der Waals surface area contributed by atoms with Crippen molar-refractivity contribution in [3.63, 3.8) is 0 Å². The number of halogens is 1. The van der Waals surface area contributed by atoms with Gasteiger partial charge in [-0.25, -0.2) is 17.5 Å². The Morgan fingerprint density at radius 1 is 1.25 bits per heavy atom. The van der Waals surface area contributed by atoms with Gasteiger partial charge in [-0.3, -0.25) is 0 Å². The van der Waals surface area contributed by atoms with E-state index in [1.165, 1.54) is 24.3 Å². The van der Waals surface area contributed by atoms with Gasteiger partial charge in [-0.1, -0.05) is 12.1 Å². The Kier molecular flexibility index (Phi) is 4.85. The number of hydrogen-bond donors (Lipinski definition) is 2. The Morgan fingerprint density at radius 2 is 1.88 bits per heavy atom. The topological polar surface area (TPSA) is 66.4 Å². The molecule has 0 bridgehead atoms. The van der Waals surface area contributed by atoms with E-state index in [1.807, 2.05) is 0 Å². The Bertz CT molecular complexity index is 416. The second-order valence-electron chi connectivity index (χ2n) is 3.34. The zero-order valence-electron chi connectivity index (χ0n) is 8.69. The molecule has 0 amide bonds. The number of benzene rings is 1. The lowest BCUT2D eigenvalue weighted by Crippen LogP contribution is -2.26. The molecule has 90 valence electrons. The maximum Gasteiger partial charge on any atom is 0.211 e. The largest absolute Gasteiger partial charge is 0.396 e. The van der Waals surface area contributed by atoms with Gasteiger partial charge in [0.2, 0.25) is 10.0 Å². The predicted octanol–water partition coefficient (Wildman–Crippen LogP) is 0.627. The van der Waals surface area contributed by atoms with Crippen molar-refractivity contribution in [3.05, 3.63) is 35.6 Å². The number of nitrogens with one attached hydrogen (secondary N) is 1. The van der Waals surface area contributed by atoms with Crippen LogP contribution in [0.1, 0.15) is 12.0 Å². The molecule has 0 heterocycles. The van der Waals surface area contributed by atoms with E-state index in [4.69, 9.17) is 5.11 Å². The van der Waals surface area contributed by atoms with Crippen molar-refractivity contribution < 1.29 is 17.9 Å². The summed E-state index contributed by atoms with van der Waals surface area (Å²) in [5.74, 6) is -0.461. The maximum atomic E-state index is 12.6. The van der Waals surface area contributed by atoms with Crippen molar-refractivity contribution in [2.24, 2.45) is 0 Å². The Balaban J connectivity index is 2.48. The molecule has 0 aliphatic heterocycles. The fourth-order valence-electron chi connectivity index (χ4n) is 1.12. The molecule has 0 saturated carbocycles. The van der Waals surface area contributed by atoms with Crippen LogP contribution in [-0.4, -0.2) is 25.9 Å². The van der Waals surface area contributed by atoms with E-state index in [1.54, 1.807) is 0 Å². The summed E-state index contributed by atoms with van der Waals surface area (Å²) in [6, 6.07) is 5.59. The second kappa shape index (κ2) is 5.93. The second-order valence-corrected chi connectivity index (χ2v) is 5.27. The quantitative estimate of drug-likeness (QED) is 0.774. The van der Waals surface area contributed by atoms with Crippen molar-refractivity contribution in [2.75, 3.05) is 12.4 Å². The molecule has 16 heavy (non-hydrogen) atoms. The zero-order valence-corrected chi connectivity index (χ0v) is 9.50. The van der Waals surface area contributed by atoms with Crippen LogP contribution in [0.4, 0.5) is 4.39 Å². The SMILES string of the molecule is O=S(=O)(CCCO)NCc1ccc(F)cc1. The van der Waals surface area contributed by atoms with E-state index in [-0.39, 0.29) is 31.1 Å². The van der Waals surface area contributed by atoms with Gasteiger partial charge in [-0.15, -0.1) is 0 Å².